The van der Waals surface area contributed by atoms with Crippen molar-refractivity contribution in [3.63, 3.8) is 0 Å². The Morgan fingerprint density at radius 1 is 1.40 bits per heavy atom. The van der Waals surface area contributed by atoms with Gasteiger partial charge in [-0.05, 0) is 12.8 Å². The largest absolute Gasteiger partial charge is 0.376 e. The molecule has 1 aromatic rings. The van der Waals surface area contributed by atoms with E-state index < -0.39 is 0 Å². The molecule has 4 nitrogen and oxygen atoms in total. The molecule has 1 atom stereocenters. The van der Waals surface area contributed by atoms with Crippen molar-refractivity contribution in [2.45, 2.75) is 18.9 Å². The fourth-order valence-corrected chi connectivity index (χ4v) is 1.90. The minimum Gasteiger partial charge on any atom is -0.376 e. The summed E-state index contributed by atoms with van der Waals surface area (Å²) in [5.41, 5.74) is 0. The van der Waals surface area contributed by atoms with Gasteiger partial charge in [0.15, 0.2) is 0 Å². The smallest absolute Gasteiger partial charge is 0.225 e. The van der Waals surface area contributed by atoms with Crippen molar-refractivity contribution in [3.05, 3.63) is 16.4 Å². The highest BCUT2D eigenvalue weighted by atomic mass is 35.5. The van der Waals surface area contributed by atoms with Gasteiger partial charge in [-0.2, -0.15) is 0 Å². The maximum absolute atomic E-state index is 5.74. The third-order valence-corrected chi connectivity index (χ3v) is 2.56. The second-order valence-corrected chi connectivity index (χ2v) is 4.13. The van der Waals surface area contributed by atoms with Crippen LogP contribution in [0.4, 0.5) is 5.95 Å². The second kappa shape index (κ2) is 4.96. The molecule has 1 aliphatic heterocycles. The van der Waals surface area contributed by atoms with Gasteiger partial charge >= 0.3 is 0 Å². The molecule has 0 aliphatic carbocycles. The van der Waals surface area contributed by atoms with E-state index in [0.29, 0.717) is 22.8 Å². The summed E-state index contributed by atoms with van der Waals surface area (Å²) in [7, 11) is 0. The first-order chi connectivity index (χ1) is 7.24. The van der Waals surface area contributed by atoms with E-state index in [4.69, 9.17) is 27.9 Å². The van der Waals surface area contributed by atoms with Gasteiger partial charge in [-0.3, -0.25) is 0 Å². The topological polar surface area (TPSA) is 47.0 Å². The minimum absolute atomic E-state index is 0.242. The van der Waals surface area contributed by atoms with Crippen LogP contribution < -0.4 is 5.32 Å². The van der Waals surface area contributed by atoms with E-state index in [-0.39, 0.29) is 6.10 Å². The van der Waals surface area contributed by atoms with E-state index in [2.05, 4.69) is 15.3 Å². The molecule has 1 saturated heterocycles. The van der Waals surface area contributed by atoms with Crippen LogP contribution in [0.25, 0.3) is 0 Å². The van der Waals surface area contributed by atoms with E-state index in [1.807, 2.05) is 0 Å². The summed E-state index contributed by atoms with van der Waals surface area (Å²) in [6.07, 6.45) is 2.43. The number of nitrogens with zero attached hydrogens (tertiary/aromatic N) is 2. The Morgan fingerprint density at radius 3 is 2.73 bits per heavy atom. The van der Waals surface area contributed by atoms with Crippen LogP contribution in [-0.2, 0) is 4.74 Å². The number of rotatable bonds is 3. The number of ether oxygens (including phenoxy) is 1. The Labute approximate surface area is 98.0 Å². The first-order valence-electron chi connectivity index (χ1n) is 4.79. The average molecular weight is 248 g/mol. The molecule has 0 amide bonds. The number of nitrogens with one attached hydrogen (secondary N) is 1. The first kappa shape index (κ1) is 10.9. The average Bonchev–Trinajstić information content (AvgIpc) is 2.65. The molecule has 2 heterocycles. The number of aromatic nitrogens is 2. The number of hydrogen-bond acceptors (Lipinski definition) is 4. The molecule has 0 aromatic carbocycles. The van der Waals surface area contributed by atoms with Gasteiger partial charge in [0.05, 0.1) is 6.10 Å². The van der Waals surface area contributed by atoms with Crippen molar-refractivity contribution < 1.29 is 4.74 Å². The van der Waals surface area contributed by atoms with E-state index in [1.54, 1.807) is 0 Å². The van der Waals surface area contributed by atoms with E-state index in [0.717, 1.165) is 19.4 Å². The molecule has 0 saturated carbocycles. The predicted molar refractivity (Wildman–Crippen MR) is 59.5 cm³/mol. The van der Waals surface area contributed by atoms with Crippen LogP contribution in [0.2, 0.25) is 10.3 Å². The van der Waals surface area contributed by atoms with Gasteiger partial charge in [0.1, 0.15) is 10.3 Å². The third kappa shape index (κ3) is 3.19. The normalized spacial score (nSPS) is 20.5. The first-order valence-corrected chi connectivity index (χ1v) is 5.55. The van der Waals surface area contributed by atoms with Crippen LogP contribution in [0.15, 0.2) is 6.07 Å². The van der Waals surface area contributed by atoms with Gasteiger partial charge in [-0.25, -0.2) is 9.97 Å². The Morgan fingerprint density at radius 2 is 2.13 bits per heavy atom. The molecule has 1 aromatic heterocycles. The molecule has 6 heteroatoms. The summed E-state index contributed by atoms with van der Waals surface area (Å²) < 4.78 is 5.45. The van der Waals surface area contributed by atoms with Gasteiger partial charge in [0.25, 0.3) is 0 Å². The summed E-state index contributed by atoms with van der Waals surface area (Å²) in [4.78, 5) is 8.00. The zero-order valence-electron chi connectivity index (χ0n) is 8.04. The lowest BCUT2D eigenvalue weighted by Gasteiger charge is -2.10. The molecule has 1 N–H and O–H groups in total. The maximum Gasteiger partial charge on any atom is 0.225 e. The van der Waals surface area contributed by atoms with E-state index in [1.165, 1.54) is 6.07 Å². The second-order valence-electron chi connectivity index (χ2n) is 3.35. The highest BCUT2D eigenvalue weighted by Gasteiger charge is 2.15. The Kier molecular flexibility index (Phi) is 3.61. The van der Waals surface area contributed by atoms with Gasteiger partial charge < -0.3 is 10.1 Å². The summed E-state index contributed by atoms with van der Waals surface area (Å²) in [6, 6.07) is 1.50. The molecule has 15 heavy (non-hydrogen) atoms. The standard InChI is InChI=1S/C9H11Cl2N3O/c10-7-4-8(11)14-9(13-7)12-5-6-2-1-3-15-6/h4,6H,1-3,5H2,(H,12,13,14)/t6-/m0/s1. The molecule has 0 unspecified atom stereocenters. The molecule has 1 fully saturated rings. The van der Waals surface area contributed by atoms with Gasteiger partial charge in [0.2, 0.25) is 5.95 Å². The summed E-state index contributed by atoms with van der Waals surface area (Å²) >= 11 is 11.5. The summed E-state index contributed by atoms with van der Waals surface area (Å²) in [5, 5.41) is 3.73. The number of anilines is 1. The maximum atomic E-state index is 5.74. The van der Waals surface area contributed by atoms with Crippen molar-refractivity contribution in [2.75, 3.05) is 18.5 Å². The van der Waals surface area contributed by atoms with Crippen LogP contribution in [0.1, 0.15) is 12.8 Å². The van der Waals surface area contributed by atoms with Crippen LogP contribution in [0, 0.1) is 0 Å². The lowest BCUT2D eigenvalue weighted by atomic mass is 10.2. The molecular weight excluding hydrogens is 237 g/mol. The van der Waals surface area contributed by atoms with E-state index >= 15 is 0 Å². The van der Waals surface area contributed by atoms with Crippen LogP contribution in [0.5, 0.6) is 0 Å². The highest BCUT2D eigenvalue weighted by Crippen LogP contribution is 2.16. The third-order valence-electron chi connectivity index (χ3n) is 2.18. The molecule has 0 spiro atoms. The fourth-order valence-electron chi connectivity index (χ4n) is 1.48. The molecular formula is C9H11Cl2N3O. The zero-order valence-corrected chi connectivity index (χ0v) is 9.55. The Bertz CT molecular complexity index is 322. The molecule has 82 valence electrons. The van der Waals surface area contributed by atoms with E-state index in [9.17, 15) is 0 Å². The van der Waals surface area contributed by atoms with Crippen LogP contribution in [0.3, 0.4) is 0 Å². The number of halogens is 2. The summed E-state index contributed by atoms with van der Waals surface area (Å²) in [5.74, 6) is 0.447. The molecule has 0 radical (unpaired) electrons. The van der Waals surface area contributed by atoms with Gasteiger partial charge in [0, 0.05) is 19.2 Å². The predicted octanol–water partition coefficient (Wildman–Crippen LogP) is 2.37. The van der Waals surface area contributed by atoms with Crippen molar-refractivity contribution >= 4 is 29.2 Å². The molecule has 1 aliphatic rings. The van der Waals surface area contributed by atoms with Crippen molar-refractivity contribution in [3.8, 4) is 0 Å². The monoisotopic (exact) mass is 247 g/mol. The van der Waals surface area contributed by atoms with Crippen molar-refractivity contribution in [2.24, 2.45) is 0 Å². The zero-order chi connectivity index (χ0) is 10.7. The van der Waals surface area contributed by atoms with Gasteiger partial charge in [-0.1, -0.05) is 23.2 Å². The Balaban J connectivity index is 1.92. The minimum atomic E-state index is 0.242. The summed E-state index contributed by atoms with van der Waals surface area (Å²) in [6.45, 7) is 1.53. The fraction of sp³-hybridized carbons (Fsp3) is 0.556. The van der Waals surface area contributed by atoms with Crippen molar-refractivity contribution in [1.82, 2.24) is 9.97 Å². The molecule has 0 bridgehead atoms. The van der Waals surface area contributed by atoms with Crippen molar-refractivity contribution in [1.29, 1.82) is 0 Å². The Hall–Kier alpha value is -0.580. The molecule has 2 rings (SSSR count). The lowest BCUT2D eigenvalue weighted by molar-refractivity contribution is 0.120. The quantitative estimate of drug-likeness (QED) is 0.834. The van der Waals surface area contributed by atoms with Crippen LogP contribution in [-0.4, -0.2) is 29.2 Å². The van der Waals surface area contributed by atoms with Gasteiger partial charge in [-0.15, -0.1) is 0 Å². The lowest BCUT2D eigenvalue weighted by Crippen LogP contribution is -2.19. The number of hydrogen-bond donors (Lipinski definition) is 1. The SMILES string of the molecule is Clc1cc(Cl)nc(NC[C@@H]2CCCO2)n1. The van der Waals surface area contributed by atoms with Crippen LogP contribution >= 0.6 is 23.2 Å². The highest BCUT2D eigenvalue weighted by molar-refractivity contribution is 6.33.